The monoisotopic (exact) mass is 344 g/mol. The Balaban J connectivity index is 1.68. The Morgan fingerprint density at radius 3 is 2.64 bits per heavy atom. The van der Waals surface area contributed by atoms with Crippen LogP contribution in [0.5, 0.6) is 0 Å². The van der Waals surface area contributed by atoms with Crippen molar-refractivity contribution >= 4 is 5.78 Å². The van der Waals surface area contributed by atoms with Crippen LogP contribution in [0.4, 0.5) is 4.39 Å². The first-order valence-corrected chi connectivity index (χ1v) is 8.79. The van der Waals surface area contributed by atoms with Gasteiger partial charge in [-0.3, -0.25) is 9.69 Å². The molecule has 1 aromatic heterocycles. The molecule has 3 rings (SSSR count). The Morgan fingerprint density at radius 1 is 1.28 bits per heavy atom. The molecule has 0 saturated carbocycles. The molecule has 1 atom stereocenters. The van der Waals surface area contributed by atoms with Gasteiger partial charge in [-0.2, -0.15) is 0 Å². The van der Waals surface area contributed by atoms with E-state index in [0.29, 0.717) is 19.7 Å². The Morgan fingerprint density at radius 2 is 2.00 bits per heavy atom. The molecular formula is C20H25FN2O2. The van der Waals surface area contributed by atoms with Crippen molar-refractivity contribution in [3.8, 4) is 0 Å². The van der Waals surface area contributed by atoms with Gasteiger partial charge in [0.25, 0.3) is 0 Å². The lowest BCUT2D eigenvalue weighted by atomic mass is 10.1. The molecule has 5 heteroatoms. The molecule has 25 heavy (non-hydrogen) atoms. The number of hydrogen-bond acceptors (Lipinski definition) is 3. The first-order valence-electron chi connectivity index (χ1n) is 8.79. The Labute approximate surface area is 148 Å². The predicted molar refractivity (Wildman–Crippen MR) is 95.4 cm³/mol. The number of benzene rings is 1. The molecule has 1 aliphatic heterocycles. The molecule has 0 N–H and O–H groups in total. The van der Waals surface area contributed by atoms with Crippen LogP contribution in [-0.2, 0) is 11.3 Å². The fourth-order valence-corrected chi connectivity index (χ4v) is 3.58. The van der Waals surface area contributed by atoms with Gasteiger partial charge in [0.05, 0.1) is 19.3 Å². The largest absolute Gasteiger partial charge is 0.371 e. The standard InChI is InChI=1S/C20H25FN2O2/c1-4-23-14(2)11-18(15(23)3)19(24)12-22-9-10-25-20(13-22)16-5-7-17(21)8-6-16/h5-8,11,20H,4,9-10,12-13H2,1-3H3/t20-/m1/s1. The highest BCUT2D eigenvalue weighted by Crippen LogP contribution is 2.23. The van der Waals surface area contributed by atoms with Crippen molar-refractivity contribution in [2.24, 2.45) is 0 Å². The van der Waals surface area contributed by atoms with Gasteiger partial charge < -0.3 is 9.30 Å². The Kier molecular flexibility index (Phi) is 5.35. The van der Waals surface area contributed by atoms with Gasteiger partial charge in [0, 0.05) is 36.6 Å². The van der Waals surface area contributed by atoms with Crippen molar-refractivity contribution in [3.05, 3.63) is 58.7 Å². The third-order valence-corrected chi connectivity index (χ3v) is 4.95. The number of rotatable bonds is 5. The molecule has 1 saturated heterocycles. The number of nitrogens with zero attached hydrogens (tertiary/aromatic N) is 2. The summed E-state index contributed by atoms with van der Waals surface area (Å²) < 4.78 is 21.1. The number of ketones is 1. The van der Waals surface area contributed by atoms with E-state index in [1.54, 1.807) is 12.1 Å². The number of aromatic nitrogens is 1. The molecular weight excluding hydrogens is 319 g/mol. The van der Waals surface area contributed by atoms with Crippen LogP contribution >= 0.6 is 0 Å². The van der Waals surface area contributed by atoms with Crippen molar-refractivity contribution in [1.29, 1.82) is 0 Å². The van der Waals surface area contributed by atoms with Crippen molar-refractivity contribution in [1.82, 2.24) is 9.47 Å². The van der Waals surface area contributed by atoms with Crippen LogP contribution in [0, 0.1) is 19.7 Å². The maximum absolute atomic E-state index is 13.1. The number of hydrogen-bond donors (Lipinski definition) is 0. The van der Waals surface area contributed by atoms with Gasteiger partial charge in [-0.25, -0.2) is 4.39 Å². The van der Waals surface area contributed by atoms with Crippen molar-refractivity contribution < 1.29 is 13.9 Å². The summed E-state index contributed by atoms with van der Waals surface area (Å²) in [5.41, 5.74) is 3.91. The quantitative estimate of drug-likeness (QED) is 0.779. The molecule has 134 valence electrons. The highest BCUT2D eigenvalue weighted by Gasteiger charge is 2.25. The second-order valence-electron chi connectivity index (χ2n) is 6.60. The van der Waals surface area contributed by atoms with E-state index in [-0.39, 0.29) is 17.7 Å². The third-order valence-electron chi connectivity index (χ3n) is 4.95. The summed E-state index contributed by atoms with van der Waals surface area (Å²) in [6, 6.07) is 8.38. The van der Waals surface area contributed by atoms with Gasteiger partial charge in [-0.1, -0.05) is 12.1 Å². The fraction of sp³-hybridized carbons (Fsp3) is 0.450. The van der Waals surface area contributed by atoms with Crippen LogP contribution in [0.2, 0.25) is 0 Å². The van der Waals surface area contributed by atoms with Gasteiger partial charge in [0.15, 0.2) is 5.78 Å². The third kappa shape index (κ3) is 3.83. The van der Waals surface area contributed by atoms with E-state index in [4.69, 9.17) is 4.74 Å². The fourth-order valence-electron chi connectivity index (χ4n) is 3.58. The summed E-state index contributed by atoms with van der Waals surface area (Å²) >= 11 is 0. The predicted octanol–water partition coefficient (Wildman–Crippen LogP) is 3.52. The summed E-state index contributed by atoms with van der Waals surface area (Å²) in [6.45, 7) is 9.33. The van der Waals surface area contributed by atoms with Crippen molar-refractivity contribution in [3.63, 3.8) is 0 Å². The molecule has 0 aliphatic carbocycles. The smallest absolute Gasteiger partial charge is 0.178 e. The summed E-state index contributed by atoms with van der Waals surface area (Å²) in [5.74, 6) is -0.106. The van der Waals surface area contributed by atoms with Crippen LogP contribution in [0.1, 0.15) is 40.3 Å². The number of Topliss-reactive ketones (excluding diaryl/α,β-unsaturated/α-hetero) is 1. The van der Waals surface area contributed by atoms with Crippen LogP contribution < -0.4 is 0 Å². The molecule has 0 unspecified atom stereocenters. The molecule has 2 heterocycles. The van der Waals surface area contributed by atoms with E-state index in [1.807, 2.05) is 19.9 Å². The first kappa shape index (κ1) is 17.8. The van der Waals surface area contributed by atoms with E-state index < -0.39 is 0 Å². The highest BCUT2D eigenvalue weighted by molar-refractivity contribution is 5.99. The van der Waals surface area contributed by atoms with E-state index in [9.17, 15) is 9.18 Å². The normalized spacial score (nSPS) is 18.5. The molecule has 2 aromatic rings. The molecule has 1 aromatic carbocycles. The summed E-state index contributed by atoms with van der Waals surface area (Å²) in [5, 5.41) is 0. The summed E-state index contributed by atoms with van der Waals surface area (Å²) in [6.07, 6.45) is -0.120. The molecule has 0 spiro atoms. The highest BCUT2D eigenvalue weighted by atomic mass is 19.1. The summed E-state index contributed by atoms with van der Waals surface area (Å²) in [7, 11) is 0. The lowest BCUT2D eigenvalue weighted by Crippen LogP contribution is -2.41. The first-order chi connectivity index (χ1) is 12.0. The van der Waals surface area contributed by atoms with Crippen LogP contribution in [0.25, 0.3) is 0 Å². The van der Waals surface area contributed by atoms with Gasteiger partial charge in [0.2, 0.25) is 0 Å². The zero-order valence-electron chi connectivity index (χ0n) is 15.1. The van der Waals surface area contributed by atoms with Gasteiger partial charge >= 0.3 is 0 Å². The topological polar surface area (TPSA) is 34.5 Å². The number of ether oxygens (including phenoxy) is 1. The minimum atomic E-state index is -0.252. The lowest BCUT2D eigenvalue weighted by molar-refractivity contribution is -0.0275. The molecule has 0 radical (unpaired) electrons. The molecule has 1 aliphatic rings. The van der Waals surface area contributed by atoms with Crippen molar-refractivity contribution in [2.75, 3.05) is 26.2 Å². The zero-order valence-corrected chi connectivity index (χ0v) is 15.1. The lowest BCUT2D eigenvalue weighted by Gasteiger charge is -2.32. The summed E-state index contributed by atoms with van der Waals surface area (Å²) in [4.78, 5) is 14.9. The van der Waals surface area contributed by atoms with Crippen LogP contribution in [0.15, 0.2) is 30.3 Å². The second-order valence-corrected chi connectivity index (χ2v) is 6.60. The minimum Gasteiger partial charge on any atom is -0.371 e. The van der Waals surface area contributed by atoms with E-state index in [1.165, 1.54) is 12.1 Å². The van der Waals surface area contributed by atoms with Gasteiger partial charge in [-0.15, -0.1) is 0 Å². The van der Waals surface area contributed by atoms with E-state index >= 15 is 0 Å². The number of aryl methyl sites for hydroxylation is 1. The second kappa shape index (κ2) is 7.50. The maximum atomic E-state index is 13.1. The van der Waals surface area contributed by atoms with E-state index in [0.717, 1.165) is 35.6 Å². The Bertz CT molecular complexity index is 752. The van der Waals surface area contributed by atoms with Gasteiger partial charge in [-0.05, 0) is 44.5 Å². The van der Waals surface area contributed by atoms with Gasteiger partial charge in [0.1, 0.15) is 5.82 Å². The van der Waals surface area contributed by atoms with Crippen LogP contribution in [0.3, 0.4) is 0 Å². The average molecular weight is 344 g/mol. The van der Waals surface area contributed by atoms with Crippen molar-refractivity contribution in [2.45, 2.75) is 33.4 Å². The minimum absolute atomic E-state index is 0.120. The zero-order chi connectivity index (χ0) is 18.0. The number of halogens is 1. The number of carbonyl (C=O) groups excluding carboxylic acids is 1. The molecule has 0 bridgehead atoms. The molecule has 1 fully saturated rings. The van der Waals surface area contributed by atoms with E-state index in [2.05, 4.69) is 16.4 Å². The Hall–Kier alpha value is -1.98. The number of carbonyl (C=O) groups is 1. The van der Waals surface area contributed by atoms with Crippen LogP contribution in [-0.4, -0.2) is 41.5 Å². The molecule has 0 amide bonds. The molecule has 4 nitrogen and oxygen atoms in total. The average Bonchev–Trinajstić information content (AvgIpc) is 2.89. The SMILES string of the molecule is CCn1c(C)cc(C(=O)CN2CCO[C@@H](c3ccc(F)cc3)C2)c1C. The number of morpholine rings is 1. The maximum Gasteiger partial charge on any atom is 0.178 e.